The molecule has 1 aromatic heterocycles. The van der Waals surface area contributed by atoms with Crippen molar-refractivity contribution in [3.8, 4) is 0 Å². The molecule has 1 aromatic rings. The van der Waals surface area contributed by atoms with Crippen molar-refractivity contribution in [2.45, 2.75) is 24.1 Å². The van der Waals surface area contributed by atoms with Gasteiger partial charge in [-0.3, -0.25) is 4.57 Å². The molecular formula is C10H12F3N3O4. The zero-order valence-corrected chi connectivity index (χ0v) is 10.0. The molecule has 0 amide bonds. The first-order valence-electron chi connectivity index (χ1n) is 5.57. The van der Waals surface area contributed by atoms with E-state index in [-0.39, 0.29) is 0 Å². The predicted octanol–water partition coefficient (Wildman–Crippen LogP) is -1.11. The van der Waals surface area contributed by atoms with Crippen LogP contribution in [0.25, 0.3) is 0 Å². The molecule has 1 aliphatic heterocycles. The van der Waals surface area contributed by atoms with E-state index in [2.05, 4.69) is 4.98 Å². The Hall–Kier alpha value is -1.65. The molecule has 7 nitrogen and oxygen atoms in total. The summed E-state index contributed by atoms with van der Waals surface area (Å²) in [5.74, 6) is -1.78. The highest BCUT2D eigenvalue weighted by Gasteiger charge is 2.56. The van der Waals surface area contributed by atoms with E-state index < -0.39 is 54.7 Å². The number of hydrogen-bond donors (Lipinski definition) is 3. The number of rotatable bonds is 3. The van der Waals surface area contributed by atoms with Crippen molar-refractivity contribution in [3.05, 3.63) is 22.5 Å². The van der Waals surface area contributed by atoms with Crippen LogP contribution in [0.4, 0.5) is 19.0 Å². The van der Waals surface area contributed by atoms with Crippen molar-refractivity contribution in [3.63, 3.8) is 0 Å². The number of hydrogen-bond acceptors (Lipinski definition) is 6. The SMILES string of the molecule is Nc1nc(=O)n([C@@H]2O[C@@](CO)(CF)[C@@H](O)[C@H]2F)cc1F. The van der Waals surface area contributed by atoms with Crippen molar-refractivity contribution in [2.75, 3.05) is 19.0 Å². The topological polar surface area (TPSA) is 111 Å². The van der Waals surface area contributed by atoms with Crippen LogP contribution in [0.5, 0.6) is 0 Å². The van der Waals surface area contributed by atoms with E-state index in [1.54, 1.807) is 0 Å². The number of aliphatic hydroxyl groups excluding tert-OH is 2. The van der Waals surface area contributed by atoms with E-state index in [1.165, 1.54) is 0 Å². The van der Waals surface area contributed by atoms with Gasteiger partial charge in [0.15, 0.2) is 29.6 Å². The van der Waals surface area contributed by atoms with Crippen LogP contribution in [0.1, 0.15) is 6.23 Å². The Balaban J connectivity index is 2.45. The second kappa shape index (κ2) is 5.04. The maximum atomic E-state index is 14.0. The number of nitrogens with zero attached hydrogens (tertiary/aromatic N) is 2. The molecule has 2 rings (SSSR count). The first-order valence-corrected chi connectivity index (χ1v) is 5.57. The van der Waals surface area contributed by atoms with Crippen LogP contribution in [-0.4, -0.2) is 50.9 Å². The molecule has 112 valence electrons. The molecular weight excluding hydrogens is 283 g/mol. The minimum absolute atomic E-state index is 0.409. The molecule has 4 N–H and O–H groups in total. The van der Waals surface area contributed by atoms with Crippen LogP contribution in [-0.2, 0) is 4.74 Å². The summed E-state index contributed by atoms with van der Waals surface area (Å²) >= 11 is 0. The standard InChI is InChI=1S/C10H12F3N3O4/c11-2-10(3-17)6(18)5(13)8(20-10)16-1-4(12)7(14)15-9(16)19/h1,5-6,8,17-18H,2-3H2,(H2,14,15,19)/t5-,6+,8-,10-/m1/s1. The summed E-state index contributed by atoms with van der Waals surface area (Å²) in [6, 6.07) is 0. The minimum Gasteiger partial charge on any atom is -0.393 e. The van der Waals surface area contributed by atoms with Crippen LogP contribution >= 0.6 is 0 Å². The number of nitrogen functional groups attached to an aromatic ring is 1. The Morgan fingerprint density at radius 2 is 2.25 bits per heavy atom. The highest BCUT2D eigenvalue weighted by Crippen LogP contribution is 2.38. The van der Waals surface area contributed by atoms with Gasteiger partial charge in [-0.25, -0.2) is 18.0 Å². The normalized spacial score (nSPS) is 33.5. The van der Waals surface area contributed by atoms with Crippen molar-refractivity contribution in [1.29, 1.82) is 0 Å². The number of aromatic nitrogens is 2. The second-order valence-corrected chi connectivity index (χ2v) is 4.42. The average Bonchev–Trinajstić information content (AvgIpc) is 2.68. The van der Waals surface area contributed by atoms with Gasteiger partial charge >= 0.3 is 5.69 Å². The largest absolute Gasteiger partial charge is 0.393 e. The first kappa shape index (κ1) is 14.8. The monoisotopic (exact) mass is 295 g/mol. The Bertz CT molecular complexity index is 563. The Morgan fingerprint density at radius 1 is 1.60 bits per heavy atom. The van der Waals surface area contributed by atoms with Gasteiger partial charge in [-0.05, 0) is 0 Å². The van der Waals surface area contributed by atoms with Crippen molar-refractivity contribution in [1.82, 2.24) is 9.55 Å². The van der Waals surface area contributed by atoms with Crippen LogP contribution in [0, 0.1) is 5.82 Å². The van der Waals surface area contributed by atoms with E-state index in [9.17, 15) is 23.1 Å². The van der Waals surface area contributed by atoms with Crippen LogP contribution in [0.3, 0.4) is 0 Å². The number of aliphatic hydroxyl groups is 2. The Labute approximate surface area is 110 Å². The fourth-order valence-electron chi connectivity index (χ4n) is 1.96. The summed E-state index contributed by atoms with van der Waals surface area (Å²) < 4.78 is 45.4. The molecule has 20 heavy (non-hydrogen) atoms. The molecule has 0 spiro atoms. The lowest BCUT2D eigenvalue weighted by Crippen LogP contribution is -2.47. The van der Waals surface area contributed by atoms with Crippen LogP contribution in [0.2, 0.25) is 0 Å². The van der Waals surface area contributed by atoms with Gasteiger partial charge in [0.05, 0.1) is 12.8 Å². The van der Waals surface area contributed by atoms with Gasteiger partial charge in [0.2, 0.25) is 0 Å². The second-order valence-electron chi connectivity index (χ2n) is 4.42. The van der Waals surface area contributed by atoms with E-state index in [0.29, 0.717) is 10.8 Å². The average molecular weight is 295 g/mol. The van der Waals surface area contributed by atoms with E-state index in [1.807, 2.05) is 0 Å². The molecule has 1 saturated heterocycles. The first-order chi connectivity index (χ1) is 9.36. The van der Waals surface area contributed by atoms with Gasteiger partial charge in [-0.2, -0.15) is 4.98 Å². The molecule has 1 fully saturated rings. The third-order valence-electron chi connectivity index (χ3n) is 3.17. The molecule has 0 aromatic carbocycles. The summed E-state index contributed by atoms with van der Waals surface area (Å²) in [6.45, 7) is -2.40. The third-order valence-corrected chi connectivity index (χ3v) is 3.17. The van der Waals surface area contributed by atoms with Crippen molar-refractivity contribution >= 4 is 5.82 Å². The summed E-state index contributed by atoms with van der Waals surface area (Å²) in [4.78, 5) is 14.6. The number of halogens is 3. The maximum Gasteiger partial charge on any atom is 0.351 e. The van der Waals surface area contributed by atoms with E-state index in [0.717, 1.165) is 0 Å². The number of ether oxygens (including phenoxy) is 1. The molecule has 0 bridgehead atoms. The lowest BCUT2D eigenvalue weighted by molar-refractivity contribution is -0.138. The molecule has 0 saturated carbocycles. The fourth-order valence-corrected chi connectivity index (χ4v) is 1.96. The number of nitrogens with two attached hydrogens (primary N) is 1. The molecule has 2 heterocycles. The Kier molecular flexibility index (Phi) is 3.71. The Morgan fingerprint density at radius 3 is 2.75 bits per heavy atom. The van der Waals surface area contributed by atoms with Gasteiger partial charge in [0.25, 0.3) is 0 Å². The zero-order chi connectivity index (χ0) is 15.1. The highest BCUT2D eigenvalue weighted by atomic mass is 19.1. The van der Waals surface area contributed by atoms with Crippen molar-refractivity contribution in [2.24, 2.45) is 0 Å². The third kappa shape index (κ3) is 2.05. The summed E-state index contributed by atoms with van der Waals surface area (Å²) in [5.41, 5.74) is 1.74. The van der Waals surface area contributed by atoms with Gasteiger partial charge < -0.3 is 20.7 Å². The zero-order valence-electron chi connectivity index (χ0n) is 10.0. The number of alkyl halides is 2. The van der Waals surface area contributed by atoms with Crippen LogP contribution in [0.15, 0.2) is 11.0 Å². The maximum absolute atomic E-state index is 14.0. The predicted molar refractivity (Wildman–Crippen MR) is 59.7 cm³/mol. The highest BCUT2D eigenvalue weighted by molar-refractivity contribution is 5.26. The fraction of sp³-hybridized carbons (Fsp3) is 0.600. The summed E-state index contributed by atoms with van der Waals surface area (Å²) in [5, 5.41) is 18.6. The van der Waals surface area contributed by atoms with Gasteiger partial charge in [-0.1, -0.05) is 0 Å². The summed E-state index contributed by atoms with van der Waals surface area (Å²) in [7, 11) is 0. The lowest BCUT2D eigenvalue weighted by Gasteiger charge is -2.26. The summed E-state index contributed by atoms with van der Waals surface area (Å²) in [6.07, 6.45) is -5.54. The minimum atomic E-state index is -2.25. The van der Waals surface area contributed by atoms with Gasteiger partial charge in [0, 0.05) is 0 Å². The van der Waals surface area contributed by atoms with E-state index in [4.69, 9.17) is 15.6 Å². The molecule has 4 atom stereocenters. The van der Waals surface area contributed by atoms with Gasteiger partial charge in [-0.15, -0.1) is 0 Å². The molecule has 0 unspecified atom stereocenters. The van der Waals surface area contributed by atoms with E-state index >= 15 is 0 Å². The number of anilines is 1. The molecule has 10 heteroatoms. The lowest BCUT2D eigenvalue weighted by atomic mass is 9.98. The van der Waals surface area contributed by atoms with Gasteiger partial charge in [0.1, 0.15) is 12.8 Å². The van der Waals surface area contributed by atoms with Crippen LogP contribution < -0.4 is 11.4 Å². The quantitative estimate of drug-likeness (QED) is 0.652. The van der Waals surface area contributed by atoms with Crippen molar-refractivity contribution < 1.29 is 28.1 Å². The smallest absolute Gasteiger partial charge is 0.351 e. The molecule has 1 aliphatic rings. The molecule has 0 aliphatic carbocycles. The molecule has 0 radical (unpaired) electrons.